The topological polar surface area (TPSA) is 49.6 Å². The van der Waals surface area contributed by atoms with Crippen LogP contribution in [0.15, 0.2) is 0 Å². The number of hydrogen-bond acceptors (Lipinski definition) is 3. The second kappa shape index (κ2) is 8.20. The van der Waals surface area contributed by atoms with E-state index in [-0.39, 0.29) is 12.4 Å². The fraction of sp³-hybridized carbons (Fsp3) is 0.933. The summed E-state index contributed by atoms with van der Waals surface area (Å²) < 4.78 is 0. The number of hydrogen-bond donors (Lipinski definition) is 1. The summed E-state index contributed by atoms with van der Waals surface area (Å²) in [5.74, 6) is 1.71. The van der Waals surface area contributed by atoms with Gasteiger partial charge in [-0.1, -0.05) is 13.8 Å². The van der Waals surface area contributed by atoms with E-state index in [0.717, 1.165) is 38.4 Å². The highest BCUT2D eigenvalue weighted by atomic mass is 35.5. The van der Waals surface area contributed by atoms with Crippen LogP contribution in [0.25, 0.3) is 0 Å². The van der Waals surface area contributed by atoms with Crippen LogP contribution in [0.4, 0.5) is 0 Å². The van der Waals surface area contributed by atoms with Crippen molar-refractivity contribution in [3.8, 4) is 0 Å². The van der Waals surface area contributed by atoms with Crippen LogP contribution in [0.3, 0.4) is 0 Å². The molecule has 3 unspecified atom stereocenters. The Morgan fingerprint density at radius 3 is 2.60 bits per heavy atom. The summed E-state index contributed by atoms with van der Waals surface area (Å²) in [6.45, 7) is 8.68. The Bertz CT molecular complexity index is 313. The van der Waals surface area contributed by atoms with Crippen molar-refractivity contribution in [2.45, 2.75) is 45.6 Å². The molecule has 0 spiro atoms. The molecule has 2 aliphatic heterocycles. The van der Waals surface area contributed by atoms with Crippen molar-refractivity contribution in [2.24, 2.45) is 17.6 Å². The zero-order chi connectivity index (χ0) is 13.8. The fourth-order valence-corrected chi connectivity index (χ4v) is 3.44. The molecule has 20 heavy (non-hydrogen) atoms. The van der Waals surface area contributed by atoms with E-state index in [1.165, 1.54) is 12.8 Å². The maximum absolute atomic E-state index is 12.4. The lowest BCUT2D eigenvalue weighted by Crippen LogP contribution is -2.51. The number of carbonyl (C=O) groups is 1. The molecule has 3 atom stereocenters. The predicted octanol–water partition coefficient (Wildman–Crippen LogP) is 1.73. The lowest BCUT2D eigenvalue weighted by atomic mass is 9.92. The van der Waals surface area contributed by atoms with Gasteiger partial charge in [-0.3, -0.25) is 9.69 Å². The number of halogens is 1. The molecule has 0 aromatic rings. The van der Waals surface area contributed by atoms with Crippen molar-refractivity contribution in [1.82, 2.24) is 9.80 Å². The van der Waals surface area contributed by atoms with Crippen LogP contribution in [0.2, 0.25) is 0 Å². The van der Waals surface area contributed by atoms with Crippen molar-refractivity contribution in [3.05, 3.63) is 0 Å². The second-order valence-corrected chi connectivity index (χ2v) is 6.58. The molecule has 1 amide bonds. The molecular formula is C15H30ClN3O. The van der Waals surface area contributed by atoms with Crippen LogP contribution in [-0.4, -0.2) is 54.5 Å². The van der Waals surface area contributed by atoms with Gasteiger partial charge in [-0.2, -0.15) is 0 Å². The van der Waals surface area contributed by atoms with Gasteiger partial charge in [0.2, 0.25) is 5.91 Å². The minimum absolute atomic E-state index is 0. The number of nitrogens with two attached hydrogens (primary N) is 1. The molecule has 0 saturated carbocycles. The van der Waals surface area contributed by atoms with Gasteiger partial charge in [-0.05, 0) is 44.1 Å². The number of carbonyl (C=O) groups excluding carboxylic acids is 1. The highest BCUT2D eigenvalue weighted by molar-refractivity contribution is 5.85. The summed E-state index contributed by atoms with van der Waals surface area (Å²) in [7, 11) is 0. The van der Waals surface area contributed by atoms with Crippen molar-refractivity contribution in [2.75, 3.05) is 32.7 Å². The zero-order valence-electron chi connectivity index (χ0n) is 12.9. The Hall–Kier alpha value is -0.320. The molecule has 0 aliphatic carbocycles. The number of piperidine rings is 2. The molecule has 5 heteroatoms. The molecule has 0 aromatic heterocycles. The summed E-state index contributed by atoms with van der Waals surface area (Å²) in [4.78, 5) is 16.8. The molecule has 118 valence electrons. The first-order chi connectivity index (χ1) is 9.10. The second-order valence-electron chi connectivity index (χ2n) is 6.58. The molecule has 0 bridgehead atoms. The predicted molar refractivity (Wildman–Crippen MR) is 85.0 cm³/mol. The summed E-state index contributed by atoms with van der Waals surface area (Å²) in [5, 5.41) is 0. The lowest BCUT2D eigenvalue weighted by Gasteiger charge is -2.39. The van der Waals surface area contributed by atoms with Crippen LogP contribution >= 0.6 is 12.4 Å². The third kappa shape index (κ3) is 4.61. The molecular weight excluding hydrogens is 274 g/mol. The highest BCUT2D eigenvalue weighted by Gasteiger charge is 2.29. The van der Waals surface area contributed by atoms with E-state index < -0.39 is 0 Å². The van der Waals surface area contributed by atoms with Gasteiger partial charge in [0.05, 0.1) is 6.54 Å². The third-order valence-electron chi connectivity index (χ3n) is 4.72. The SMILES string of the molecule is CC1CCN(CC(=O)N2CCCC(C)C2)C(CN)C1.Cl. The summed E-state index contributed by atoms with van der Waals surface area (Å²) >= 11 is 0. The molecule has 2 fully saturated rings. The molecule has 2 rings (SSSR count). The first kappa shape index (κ1) is 17.7. The van der Waals surface area contributed by atoms with Gasteiger partial charge >= 0.3 is 0 Å². The Morgan fingerprint density at radius 1 is 1.20 bits per heavy atom. The summed E-state index contributed by atoms with van der Waals surface area (Å²) in [5.41, 5.74) is 5.87. The molecule has 0 aromatic carbocycles. The van der Waals surface area contributed by atoms with Crippen LogP contribution in [-0.2, 0) is 4.79 Å². The maximum atomic E-state index is 12.4. The van der Waals surface area contributed by atoms with Crippen LogP contribution in [0.5, 0.6) is 0 Å². The minimum atomic E-state index is 0. The molecule has 0 radical (unpaired) electrons. The summed E-state index contributed by atoms with van der Waals surface area (Å²) in [6.07, 6.45) is 4.75. The largest absolute Gasteiger partial charge is 0.341 e. The Labute approximate surface area is 129 Å². The average molecular weight is 304 g/mol. The molecule has 2 N–H and O–H groups in total. The average Bonchev–Trinajstić information content (AvgIpc) is 2.40. The van der Waals surface area contributed by atoms with Gasteiger partial charge in [-0.15, -0.1) is 12.4 Å². The fourth-order valence-electron chi connectivity index (χ4n) is 3.44. The Balaban J connectivity index is 0.00000200. The van der Waals surface area contributed by atoms with Gasteiger partial charge in [0.25, 0.3) is 0 Å². The first-order valence-corrected chi connectivity index (χ1v) is 7.82. The van der Waals surface area contributed by atoms with Crippen molar-refractivity contribution in [3.63, 3.8) is 0 Å². The van der Waals surface area contributed by atoms with Crippen molar-refractivity contribution >= 4 is 18.3 Å². The number of amides is 1. The monoisotopic (exact) mass is 303 g/mol. The van der Waals surface area contributed by atoms with Crippen LogP contribution in [0.1, 0.15) is 39.5 Å². The molecule has 2 saturated heterocycles. The van der Waals surface area contributed by atoms with E-state index >= 15 is 0 Å². The van der Waals surface area contributed by atoms with Gasteiger partial charge in [-0.25, -0.2) is 0 Å². The quantitative estimate of drug-likeness (QED) is 0.864. The van der Waals surface area contributed by atoms with E-state index in [1.54, 1.807) is 0 Å². The molecule has 4 nitrogen and oxygen atoms in total. The van der Waals surface area contributed by atoms with Crippen LogP contribution < -0.4 is 5.73 Å². The smallest absolute Gasteiger partial charge is 0.236 e. The standard InChI is InChI=1S/C15H29N3O.ClH/c1-12-5-7-17(14(8-12)9-16)11-15(19)18-6-3-4-13(2)10-18;/h12-14H,3-11,16H2,1-2H3;1H. The van der Waals surface area contributed by atoms with E-state index in [1.807, 2.05) is 0 Å². The third-order valence-corrected chi connectivity index (χ3v) is 4.72. The Morgan fingerprint density at radius 2 is 1.95 bits per heavy atom. The van der Waals surface area contributed by atoms with Gasteiger partial charge in [0.1, 0.15) is 0 Å². The number of likely N-dealkylation sites (tertiary alicyclic amines) is 2. The molecule has 2 heterocycles. The normalized spacial score (nSPS) is 31.8. The van der Waals surface area contributed by atoms with Crippen molar-refractivity contribution in [1.29, 1.82) is 0 Å². The minimum Gasteiger partial charge on any atom is -0.341 e. The van der Waals surface area contributed by atoms with Crippen LogP contribution in [0, 0.1) is 11.8 Å². The zero-order valence-corrected chi connectivity index (χ0v) is 13.7. The highest BCUT2D eigenvalue weighted by Crippen LogP contribution is 2.22. The maximum Gasteiger partial charge on any atom is 0.236 e. The van der Waals surface area contributed by atoms with Gasteiger partial charge < -0.3 is 10.6 Å². The van der Waals surface area contributed by atoms with E-state index in [0.29, 0.717) is 31.0 Å². The number of rotatable bonds is 3. The lowest BCUT2D eigenvalue weighted by molar-refractivity contribution is -0.135. The first-order valence-electron chi connectivity index (χ1n) is 7.82. The Kier molecular flexibility index (Phi) is 7.27. The van der Waals surface area contributed by atoms with Crippen molar-refractivity contribution < 1.29 is 4.79 Å². The van der Waals surface area contributed by atoms with Gasteiger partial charge in [0, 0.05) is 25.7 Å². The van der Waals surface area contributed by atoms with E-state index in [2.05, 4.69) is 23.6 Å². The number of nitrogens with zero attached hydrogens (tertiary/aromatic N) is 2. The molecule has 2 aliphatic rings. The summed E-state index contributed by atoms with van der Waals surface area (Å²) in [6, 6.07) is 0.398. The van der Waals surface area contributed by atoms with E-state index in [9.17, 15) is 4.79 Å². The van der Waals surface area contributed by atoms with Gasteiger partial charge in [0.15, 0.2) is 0 Å². The van der Waals surface area contributed by atoms with E-state index in [4.69, 9.17) is 5.73 Å².